The Kier molecular flexibility index (Phi) is 4.53. The highest BCUT2D eigenvalue weighted by molar-refractivity contribution is 6.00. The lowest BCUT2D eigenvalue weighted by atomic mass is 9.98. The second kappa shape index (κ2) is 6.35. The molecule has 0 radical (unpaired) electrons. The first-order valence-corrected chi connectivity index (χ1v) is 6.69. The first-order chi connectivity index (χ1) is 9.58. The van der Waals surface area contributed by atoms with E-state index < -0.39 is 6.04 Å². The van der Waals surface area contributed by atoms with Crippen LogP contribution in [0, 0.1) is 0 Å². The van der Waals surface area contributed by atoms with Crippen molar-refractivity contribution in [3.8, 4) is 5.75 Å². The minimum Gasteiger partial charge on any atom is -0.491 e. The highest BCUT2D eigenvalue weighted by Gasteiger charge is 2.17. The second-order valence-corrected chi connectivity index (χ2v) is 4.95. The van der Waals surface area contributed by atoms with Crippen LogP contribution in [0.1, 0.15) is 35.8 Å². The van der Waals surface area contributed by atoms with Gasteiger partial charge in [0.05, 0.1) is 12.1 Å². The number of hydrogen-bond donors (Lipinski definition) is 1. The second-order valence-electron chi connectivity index (χ2n) is 4.95. The van der Waals surface area contributed by atoms with Crippen molar-refractivity contribution in [2.24, 2.45) is 5.73 Å². The van der Waals surface area contributed by atoms with Gasteiger partial charge in [-0.3, -0.25) is 4.79 Å². The lowest BCUT2D eigenvalue weighted by Gasteiger charge is -2.13. The molecule has 0 fully saturated rings. The van der Waals surface area contributed by atoms with Gasteiger partial charge in [-0.05, 0) is 31.5 Å². The number of nitrogens with two attached hydrogens (primary N) is 1. The zero-order valence-electron chi connectivity index (χ0n) is 11.7. The summed E-state index contributed by atoms with van der Waals surface area (Å²) in [5.41, 5.74) is 7.41. The Bertz CT molecular complexity index is 579. The van der Waals surface area contributed by atoms with Gasteiger partial charge in [0, 0.05) is 5.56 Å². The Morgan fingerprint density at radius 3 is 2.40 bits per heavy atom. The van der Waals surface area contributed by atoms with Crippen LogP contribution >= 0.6 is 0 Å². The zero-order valence-corrected chi connectivity index (χ0v) is 11.7. The lowest BCUT2D eigenvalue weighted by molar-refractivity contribution is 0.0960. The molecule has 0 spiro atoms. The predicted octanol–water partition coefficient (Wildman–Crippen LogP) is 3.36. The Balaban J connectivity index is 2.21. The molecule has 2 aromatic rings. The van der Waals surface area contributed by atoms with Crippen molar-refractivity contribution < 1.29 is 9.53 Å². The largest absolute Gasteiger partial charge is 0.491 e. The maximum atomic E-state index is 12.4. The summed E-state index contributed by atoms with van der Waals surface area (Å²) in [4.78, 5) is 12.4. The zero-order chi connectivity index (χ0) is 14.5. The van der Waals surface area contributed by atoms with Crippen LogP contribution in [0.3, 0.4) is 0 Å². The van der Waals surface area contributed by atoms with E-state index >= 15 is 0 Å². The molecule has 0 saturated carbocycles. The Labute approximate surface area is 119 Å². The molecule has 0 aliphatic heterocycles. The van der Waals surface area contributed by atoms with Crippen molar-refractivity contribution in [3.63, 3.8) is 0 Å². The number of rotatable bonds is 5. The third-order valence-electron chi connectivity index (χ3n) is 2.93. The van der Waals surface area contributed by atoms with Gasteiger partial charge >= 0.3 is 0 Å². The van der Waals surface area contributed by atoms with Crippen LogP contribution in [0.15, 0.2) is 54.6 Å². The molecule has 2 aromatic carbocycles. The van der Waals surface area contributed by atoms with E-state index in [4.69, 9.17) is 10.5 Å². The van der Waals surface area contributed by atoms with Crippen LogP contribution in [-0.4, -0.2) is 11.9 Å². The molecule has 0 heterocycles. The van der Waals surface area contributed by atoms with Crippen molar-refractivity contribution in [1.82, 2.24) is 0 Å². The Morgan fingerprint density at radius 2 is 1.75 bits per heavy atom. The molecule has 0 aromatic heterocycles. The van der Waals surface area contributed by atoms with Crippen LogP contribution in [0.25, 0.3) is 0 Å². The third kappa shape index (κ3) is 3.45. The van der Waals surface area contributed by atoms with E-state index in [1.165, 1.54) is 0 Å². The fourth-order valence-corrected chi connectivity index (χ4v) is 1.99. The van der Waals surface area contributed by atoms with Gasteiger partial charge in [-0.1, -0.05) is 42.5 Å². The van der Waals surface area contributed by atoms with Crippen molar-refractivity contribution in [3.05, 3.63) is 65.7 Å². The van der Waals surface area contributed by atoms with Crippen LogP contribution in [0.4, 0.5) is 0 Å². The topological polar surface area (TPSA) is 52.3 Å². The fraction of sp³-hybridized carbons (Fsp3) is 0.235. The van der Waals surface area contributed by atoms with Crippen molar-refractivity contribution in [2.75, 3.05) is 0 Å². The average Bonchev–Trinajstić information content (AvgIpc) is 2.46. The van der Waals surface area contributed by atoms with E-state index in [0.717, 1.165) is 5.56 Å². The van der Waals surface area contributed by atoms with Gasteiger partial charge in [0.2, 0.25) is 0 Å². The fourth-order valence-electron chi connectivity index (χ4n) is 1.99. The SMILES string of the molecule is CC(C)Oc1cccc(C(=O)C(N)c2ccccc2)c1. The molecule has 0 bridgehead atoms. The Morgan fingerprint density at radius 1 is 1.05 bits per heavy atom. The van der Waals surface area contributed by atoms with Gasteiger partial charge in [0.25, 0.3) is 0 Å². The summed E-state index contributed by atoms with van der Waals surface area (Å²) in [5, 5.41) is 0. The molecule has 3 nitrogen and oxygen atoms in total. The van der Waals surface area contributed by atoms with Crippen LogP contribution in [-0.2, 0) is 0 Å². The normalized spacial score (nSPS) is 12.2. The molecular formula is C17H19NO2. The first kappa shape index (κ1) is 14.3. The summed E-state index contributed by atoms with van der Waals surface area (Å²) in [5.74, 6) is 0.580. The first-order valence-electron chi connectivity index (χ1n) is 6.69. The monoisotopic (exact) mass is 269 g/mol. The number of carbonyl (C=O) groups excluding carboxylic acids is 1. The summed E-state index contributed by atoms with van der Waals surface area (Å²) in [6.45, 7) is 3.90. The van der Waals surface area contributed by atoms with Crippen LogP contribution in [0.5, 0.6) is 5.75 Å². The molecule has 0 aliphatic rings. The molecular weight excluding hydrogens is 250 g/mol. The molecule has 2 rings (SSSR count). The number of benzene rings is 2. The number of hydrogen-bond acceptors (Lipinski definition) is 3. The van der Waals surface area contributed by atoms with Crippen molar-refractivity contribution in [1.29, 1.82) is 0 Å². The smallest absolute Gasteiger partial charge is 0.184 e. The quantitative estimate of drug-likeness (QED) is 0.847. The minimum atomic E-state index is -0.648. The maximum Gasteiger partial charge on any atom is 0.184 e. The average molecular weight is 269 g/mol. The van der Waals surface area contributed by atoms with Crippen molar-refractivity contribution in [2.45, 2.75) is 26.0 Å². The standard InChI is InChI=1S/C17H19NO2/c1-12(2)20-15-10-6-9-14(11-15)17(19)16(18)13-7-4-3-5-8-13/h3-12,16H,18H2,1-2H3. The number of Topliss-reactive ketones (excluding diaryl/α,β-unsaturated/α-hetero) is 1. The number of ketones is 1. The summed E-state index contributed by atoms with van der Waals surface area (Å²) in [6.07, 6.45) is 0.0724. The van der Waals surface area contributed by atoms with Gasteiger partial charge in [-0.25, -0.2) is 0 Å². The van der Waals surface area contributed by atoms with Crippen molar-refractivity contribution >= 4 is 5.78 Å². The van der Waals surface area contributed by atoms with Crippen LogP contribution in [0.2, 0.25) is 0 Å². The molecule has 0 amide bonds. The van der Waals surface area contributed by atoms with E-state index in [-0.39, 0.29) is 11.9 Å². The molecule has 1 atom stereocenters. The number of carbonyl (C=O) groups is 1. The van der Waals surface area contributed by atoms with Gasteiger partial charge < -0.3 is 10.5 Å². The third-order valence-corrected chi connectivity index (χ3v) is 2.93. The van der Waals surface area contributed by atoms with Gasteiger partial charge in [-0.15, -0.1) is 0 Å². The van der Waals surface area contributed by atoms with E-state index in [1.807, 2.05) is 56.3 Å². The minimum absolute atomic E-state index is 0.0724. The molecule has 2 N–H and O–H groups in total. The molecule has 1 unspecified atom stereocenters. The molecule has 104 valence electrons. The summed E-state index contributed by atoms with van der Waals surface area (Å²) < 4.78 is 5.60. The van der Waals surface area contributed by atoms with Gasteiger partial charge in [-0.2, -0.15) is 0 Å². The van der Waals surface area contributed by atoms with E-state index in [1.54, 1.807) is 12.1 Å². The van der Waals surface area contributed by atoms with Gasteiger partial charge in [0.1, 0.15) is 5.75 Å². The van der Waals surface area contributed by atoms with E-state index in [0.29, 0.717) is 11.3 Å². The van der Waals surface area contributed by atoms with E-state index in [2.05, 4.69) is 0 Å². The van der Waals surface area contributed by atoms with E-state index in [9.17, 15) is 4.79 Å². The number of ether oxygens (including phenoxy) is 1. The summed E-state index contributed by atoms with van der Waals surface area (Å²) >= 11 is 0. The van der Waals surface area contributed by atoms with Crippen LogP contribution < -0.4 is 10.5 Å². The molecule has 20 heavy (non-hydrogen) atoms. The highest BCUT2D eigenvalue weighted by atomic mass is 16.5. The predicted molar refractivity (Wildman–Crippen MR) is 79.9 cm³/mol. The molecule has 0 aliphatic carbocycles. The maximum absolute atomic E-state index is 12.4. The Hall–Kier alpha value is -2.13. The molecule has 0 saturated heterocycles. The van der Waals surface area contributed by atoms with Gasteiger partial charge in [0.15, 0.2) is 5.78 Å². The molecule has 3 heteroatoms. The highest BCUT2D eigenvalue weighted by Crippen LogP contribution is 2.20. The summed E-state index contributed by atoms with van der Waals surface area (Å²) in [7, 11) is 0. The summed E-state index contributed by atoms with van der Waals surface area (Å²) in [6, 6.07) is 15.9. The lowest BCUT2D eigenvalue weighted by Crippen LogP contribution is -2.21.